The average molecular weight is 370 g/mol. The second-order valence-corrected chi connectivity index (χ2v) is 6.71. The van der Waals surface area contributed by atoms with E-state index in [0.29, 0.717) is 31.5 Å². The molecule has 0 saturated heterocycles. The molecular weight excluding hydrogens is 344 g/mol. The fourth-order valence-electron chi connectivity index (χ4n) is 3.41. The fourth-order valence-corrected chi connectivity index (χ4v) is 3.41. The van der Waals surface area contributed by atoms with Gasteiger partial charge < -0.3 is 21.1 Å². The summed E-state index contributed by atoms with van der Waals surface area (Å²) < 4.78 is 0. The van der Waals surface area contributed by atoms with Crippen molar-refractivity contribution < 1.29 is 9.90 Å². The maximum atomic E-state index is 12.7. The lowest BCUT2D eigenvalue weighted by Gasteiger charge is -2.30. The summed E-state index contributed by atoms with van der Waals surface area (Å²) in [4.78, 5) is 27.2. The molecular formula is C19H26N6O2. The monoisotopic (exact) mass is 370 g/mol. The summed E-state index contributed by atoms with van der Waals surface area (Å²) >= 11 is 0. The molecule has 2 aromatic heterocycles. The van der Waals surface area contributed by atoms with Crippen molar-refractivity contribution in [1.82, 2.24) is 19.9 Å². The van der Waals surface area contributed by atoms with Crippen molar-refractivity contribution >= 4 is 17.7 Å². The van der Waals surface area contributed by atoms with Crippen LogP contribution in [0.5, 0.6) is 0 Å². The van der Waals surface area contributed by atoms with Crippen LogP contribution in [0.15, 0.2) is 24.5 Å². The maximum Gasteiger partial charge on any atom is 0.254 e. The molecule has 1 aliphatic heterocycles. The number of nitrogens with two attached hydrogens (primary N) is 1. The van der Waals surface area contributed by atoms with E-state index in [9.17, 15) is 9.90 Å². The van der Waals surface area contributed by atoms with Gasteiger partial charge in [0, 0.05) is 42.7 Å². The van der Waals surface area contributed by atoms with Gasteiger partial charge in [0.1, 0.15) is 5.82 Å². The Balaban J connectivity index is 1.81. The summed E-state index contributed by atoms with van der Waals surface area (Å²) in [7, 11) is 0. The van der Waals surface area contributed by atoms with Crippen LogP contribution in [-0.4, -0.2) is 50.1 Å². The molecule has 3 rings (SSSR count). The molecule has 27 heavy (non-hydrogen) atoms. The van der Waals surface area contributed by atoms with Crippen molar-refractivity contribution in [2.45, 2.75) is 45.2 Å². The molecule has 1 atom stereocenters. The van der Waals surface area contributed by atoms with Crippen molar-refractivity contribution in [2.24, 2.45) is 0 Å². The van der Waals surface area contributed by atoms with Gasteiger partial charge in [-0.05, 0) is 31.4 Å². The van der Waals surface area contributed by atoms with Crippen LogP contribution < -0.4 is 11.1 Å². The van der Waals surface area contributed by atoms with Gasteiger partial charge >= 0.3 is 0 Å². The Morgan fingerprint density at radius 1 is 1.33 bits per heavy atom. The Morgan fingerprint density at radius 3 is 2.81 bits per heavy atom. The van der Waals surface area contributed by atoms with Crippen molar-refractivity contribution in [2.75, 3.05) is 24.2 Å². The number of carbonyl (C=O) groups excluding carboxylic acids is 1. The number of nitrogens with one attached hydrogen (secondary N) is 1. The van der Waals surface area contributed by atoms with E-state index >= 15 is 0 Å². The summed E-state index contributed by atoms with van der Waals surface area (Å²) in [5, 5.41) is 12.7. The highest BCUT2D eigenvalue weighted by atomic mass is 16.3. The summed E-state index contributed by atoms with van der Waals surface area (Å²) in [6.45, 7) is 3.22. The molecule has 1 aliphatic rings. The van der Waals surface area contributed by atoms with Crippen LogP contribution in [0.2, 0.25) is 0 Å². The molecule has 2 aromatic rings. The molecule has 0 aromatic carbocycles. The Morgan fingerprint density at radius 2 is 2.11 bits per heavy atom. The fraction of sp³-hybridized carbons (Fsp3) is 0.474. The lowest BCUT2D eigenvalue weighted by molar-refractivity contribution is 0.0731. The van der Waals surface area contributed by atoms with Gasteiger partial charge in [-0.2, -0.15) is 4.98 Å². The minimum absolute atomic E-state index is 0.0427. The molecule has 144 valence electrons. The first-order chi connectivity index (χ1) is 13.1. The smallest absolute Gasteiger partial charge is 0.254 e. The number of aliphatic hydroxyl groups is 1. The van der Waals surface area contributed by atoms with Gasteiger partial charge in [-0.1, -0.05) is 13.3 Å². The molecule has 8 nitrogen and oxygen atoms in total. The SMILES string of the molecule is CCC[C@@H](CCO)Nc1nc(N)nc2c1CCN(C(=O)c1ccncc1)C2. The number of nitrogens with zero attached hydrogens (tertiary/aromatic N) is 4. The van der Waals surface area contributed by atoms with Crippen molar-refractivity contribution in [1.29, 1.82) is 0 Å². The topological polar surface area (TPSA) is 117 Å². The van der Waals surface area contributed by atoms with Gasteiger partial charge in [0.2, 0.25) is 5.95 Å². The van der Waals surface area contributed by atoms with Crippen LogP contribution in [-0.2, 0) is 13.0 Å². The van der Waals surface area contributed by atoms with Crippen molar-refractivity contribution in [3.05, 3.63) is 41.3 Å². The first-order valence-electron chi connectivity index (χ1n) is 9.34. The van der Waals surface area contributed by atoms with E-state index in [0.717, 1.165) is 29.9 Å². The molecule has 0 aliphatic carbocycles. The Labute approximate surface area is 158 Å². The van der Waals surface area contributed by atoms with E-state index in [1.54, 1.807) is 29.4 Å². The van der Waals surface area contributed by atoms with Crippen LogP contribution >= 0.6 is 0 Å². The number of rotatable bonds is 7. The van der Waals surface area contributed by atoms with Crippen LogP contribution in [0.4, 0.5) is 11.8 Å². The number of aromatic nitrogens is 3. The second kappa shape index (κ2) is 8.77. The summed E-state index contributed by atoms with van der Waals surface area (Å²) in [6.07, 6.45) is 6.48. The van der Waals surface area contributed by atoms with Crippen LogP contribution in [0.25, 0.3) is 0 Å². The number of hydrogen-bond donors (Lipinski definition) is 3. The van der Waals surface area contributed by atoms with Gasteiger partial charge in [0.25, 0.3) is 5.91 Å². The third-order valence-corrected chi connectivity index (χ3v) is 4.75. The number of pyridine rings is 1. The second-order valence-electron chi connectivity index (χ2n) is 6.71. The first kappa shape index (κ1) is 19.0. The van der Waals surface area contributed by atoms with Gasteiger partial charge in [0.05, 0.1) is 12.2 Å². The minimum atomic E-state index is -0.0427. The van der Waals surface area contributed by atoms with Crippen LogP contribution in [0.1, 0.15) is 47.8 Å². The highest BCUT2D eigenvalue weighted by Gasteiger charge is 2.26. The normalized spacial score (nSPS) is 14.5. The number of amides is 1. The van der Waals surface area contributed by atoms with Crippen molar-refractivity contribution in [3.63, 3.8) is 0 Å². The zero-order chi connectivity index (χ0) is 19.2. The molecule has 0 spiro atoms. The van der Waals surface area contributed by atoms with Gasteiger partial charge in [-0.3, -0.25) is 9.78 Å². The van der Waals surface area contributed by atoms with Gasteiger partial charge in [-0.25, -0.2) is 4.98 Å². The largest absolute Gasteiger partial charge is 0.396 e. The summed E-state index contributed by atoms with van der Waals surface area (Å²) in [5.74, 6) is 0.869. The Hall–Kier alpha value is -2.74. The molecule has 0 unspecified atom stereocenters. The minimum Gasteiger partial charge on any atom is -0.396 e. The van der Waals surface area contributed by atoms with E-state index in [1.807, 2.05) is 0 Å². The number of hydrogen-bond acceptors (Lipinski definition) is 7. The quantitative estimate of drug-likeness (QED) is 0.678. The van der Waals surface area contributed by atoms with E-state index in [4.69, 9.17) is 5.73 Å². The lowest BCUT2D eigenvalue weighted by atomic mass is 10.0. The molecule has 4 N–H and O–H groups in total. The Bertz CT molecular complexity index is 777. The van der Waals surface area contributed by atoms with Gasteiger partial charge in [-0.15, -0.1) is 0 Å². The molecule has 0 radical (unpaired) electrons. The van der Waals surface area contributed by atoms with Crippen molar-refractivity contribution in [3.8, 4) is 0 Å². The highest BCUT2D eigenvalue weighted by molar-refractivity contribution is 5.94. The van der Waals surface area contributed by atoms with E-state index < -0.39 is 0 Å². The highest BCUT2D eigenvalue weighted by Crippen LogP contribution is 2.26. The predicted molar refractivity (Wildman–Crippen MR) is 103 cm³/mol. The van der Waals surface area contributed by atoms with E-state index in [-0.39, 0.29) is 24.5 Å². The van der Waals surface area contributed by atoms with E-state index in [2.05, 4.69) is 27.2 Å². The third-order valence-electron chi connectivity index (χ3n) is 4.75. The standard InChI is InChI=1S/C19H26N6O2/c1-2-3-14(7-11-26)22-17-15-6-10-25(12-16(15)23-19(20)24-17)18(27)13-4-8-21-9-5-13/h4-5,8-9,14,26H,2-3,6-7,10-12H2,1H3,(H3,20,22,23,24)/t14-/m0/s1. The molecule has 0 saturated carbocycles. The zero-order valence-corrected chi connectivity index (χ0v) is 15.6. The zero-order valence-electron chi connectivity index (χ0n) is 15.6. The number of nitrogen functional groups attached to an aromatic ring is 1. The summed E-state index contributed by atoms with van der Waals surface area (Å²) in [6, 6.07) is 3.56. The summed E-state index contributed by atoms with van der Waals surface area (Å²) in [5.41, 5.74) is 8.30. The number of carbonyl (C=O) groups is 1. The molecule has 3 heterocycles. The van der Waals surface area contributed by atoms with Gasteiger partial charge in [0.15, 0.2) is 0 Å². The molecule has 1 amide bonds. The predicted octanol–water partition coefficient (Wildman–Crippen LogP) is 1.62. The molecule has 8 heteroatoms. The number of anilines is 2. The first-order valence-corrected chi connectivity index (χ1v) is 9.34. The van der Waals surface area contributed by atoms with Crippen LogP contribution in [0, 0.1) is 0 Å². The third kappa shape index (κ3) is 4.51. The van der Waals surface area contributed by atoms with Crippen LogP contribution in [0.3, 0.4) is 0 Å². The molecule has 0 fully saturated rings. The molecule has 0 bridgehead atoms. The lowest BCUT2D eigenvalue weighted by Crippen LogP contribution is -2.37. The Kier molecular flexibility index (Phi) is 6.18. The number of fused-ring (bicyclic) bond motifs is 1. The van der Waals surface area contributed by atoms with E-state index in [1.165, 1.54) is 0 Å². The number of aliphatic hydroxyl groups excluding tert-OH is 1. The maximum absolute atomic E-state index is 12.7. The average Bonchev–Trinajstić information content (AvgIpc) is 2.68.